The van der Waals surface area contributed by atoms with E-state index in [4.69, 9.17) is 35.4 Å². The molecule has 0 amide bonds. The van der Waals surface area contributed by atoms with Gasteiger partial charge in [-0.15, -0.1) is 0 Å². The summed E-state index contributed by atoms with van der Waals surface area (Å²) in [6.45, 7) is 0. The highest BCUT2D eigenvalue weighted by Crippen LogP contribution is 2.32. The maximum absolute atomic E-state index is 9.38. The van der Waals surface area contributed by atoms with Gasteiger partial charge in [0.05, 0.1) is 16.3 Å². The topological polar surface area (TPSA) is 66.2 Å². The number of phenolic OH excluding ortho intramolecular Hbond substituents is 1. The van der Waals surface area contributed by atoms with Gasteiger partial charge >= 0.3 is 0 Å². The number of aromatic hydroxyl groups is 1. The van der Waals surface area contributed by atoms with Gasteiger partial charge in [-0.05, 0) is 29.9 Å². The highest BCUT2D eigenvalue weighted by Gasteiger charge is 2.05. The fourth-order valence-corrected chi connectivity index (χ4v) is 1.76. The fourth-order valence-electron chi connectivity index (χ4n) is 1.11. The number of nitrogens with one attached hydrogen (secondary N) is 1. The zero-order valence-electron chi connectivity index (χ0n) is 8.26. The Bertz CT molecular complexity index is 611. The molecule has 0 saturated carbocycles. The summed E-state index contributed by atoms with van der Waals surface area (Å²) in [5.74, 6) is -0.148. The fraction of sp³-hybridized carbons (Fsp3) is 0. The molecule has 1 aromatic carbocycles. The standard InChI is InChI=1S/C9H6Cl2N4OS/c10-6-1-5(2-7(11)8(6)16)3-13-15-4-12-14-9(15)17/h1-4,16H,(H,14,17)/b13-3-. The molecule has 17 heavy (non-hydrogen) atoms. The van der Waals surface area contributed by atoms with Crippen molar-refractivity contribution in [2.24, 2.45) is 5.10 Å². The number of phenols is 1. The predicted octanol–water partition coefficient (Wildman–Crippen LogP) is 2.84. The van der Waals surface area contributed by atoms with Gasteiger partial charge in [0.25, 0.3) is 0 Å². The molecule has 88 valence electrons. The highest BCUT2D eigenvalue weighted by molar-refractivity contribution is 7.71. The maximum Gasteiger partial charge on any atom is 0.216 e. The van der Waals surface area contributed by atoms with Crippen LogP contribution in [0.3, 0.4) is 0 Å². The van der Waals surface area contributed by atoms with E-state index in [2.05, 4.69) is 15.3 Å². The molecule has 0 aliphatic carbocycles. The third-order valence-corrected chi connectivity index (χ3v) is 2.76. The van der Waals surface area contributed by atoms with Crippen LogP contribution in [0.4, 0.5) is 0 Å². The van der Waals surface area contributed by atoms with Crippen LogP contribution in [0.25, 0.3) is 0 Å². The summed E-state index contributed by atoms with van der Waals surface area (Å²) in [4.78, 5) is 0. The first-order chi connectivity index (χ1) is 8.08. The van der Waals surface area contributed by atoms with Crippen LogP contribution in [-0.4, -0.2) is 26.2 Å². The second kappa shape index (κ2) is 4.87. The van der Waals surface area contributed by atoms with Gasteiger partial charge in [-0.3, -0.25) is 5.10 Å². The maximum atomic E-state index is 9.38. The van der Waals surface area contributed by atoms with E-state index in [0.29, 0.717) is 10.3 Å². The third-order valence-electron chi connectivity index (χ3n) is 1.91. The average molecular weight is 289 g/mol. The van der Waals surface area contributed by atoms with Crippen LogP contribution < -0.4 is 0 Å². The molecule has 0 spiro atoms. The number of halogens is 2. The minimum absolute atomic E-state index is 0.148. The molecule has 0 saturated heterocycles. The molecule has 0 aliphatic rings. The van der Waals surface area contributed by atoms with E-state index >= 15 is 0 Å². The molecule has 0 aliphatic heterocycles. The second-order valence-corrected chi connectivity index (χ2v) is 4.28. The summed E-state index contributed by atoms with van der Waals surface area (Å²) in [5.41, 5.74) is 0.640. The van der Waals surface area contributed by atoms with Crippen LogP contribution in [0.2, 0.25) is 10.0 Å². The number of aromatic nitrogens is 3. The second-order valence-electron chi connectivity index (χ2n) is 3.08. The minimum Gasteiger partial charge on any atom is -0.505 e. The summed E-state index contributed by atoms with van der Waals surface area (Å²) < 4.78 is 1.75. The molecule has 2 aromatic rings. The van der Waals surface area contributed by atoms with Crippen LogP contribution in [0.1, 0.15) is 5.56 Å². The number of hydrogen-bond donors (Lipinski definition) is 2. The van der Waals surface area contributed by atoms with Crippen molar-refractivity contribution in [2.45, 2.75) is 0 Å². The lowest BCUT2D eigenvalue weighted by atomic mass is 10.2. The molecule has 0 fully saturated rings. The Morgan fingerprint density at radius 3 is 2.59 bits per heavy atom. The lowest BCUT2D eigenvalue weighted by Gasteiger charge is -2.01. The summed E-state index contributed by atoms with van der Waals surface area (Å²) in [7, 11) is 0. The molecule has 1 aromatic heterocycles. The van der Waals surface area contributed by atoms with E-state index in [-0.39, 0.29) is 15.8 Å². The van der Waals surface area contributed by atoms with E-state index in [1.807, 2.05) is 0 Å². The molecule has 8 heteroatoms. The van der Waals surface area contributed by atoms with Crippen molar-refractivity contribution in [1.29, 1.82) is 0 Å². The van der Waals surface area contributed by atoms with Crippen molar-refractivity contribution < 1.29 is 5.11 Å². The van der Waals surface area contributed by atoms with E-state index < -0.39 is 0 Å². The van der Waals surface area contributed by atoms with Crippen molar-refractivity contribution in [3.63, 3.8) is 0 Å². The Morgan fingerprint density at radius 1 is 1.41 bits per heavy atom. The van der Waals surface area contributed by atoms with Gasteiger partial charge in [-0.2, -0.15) is 14.9 Å². The molecular formula is C9H6Cl2N4OS. The smallest absolute Gasteiger partial charge is 0.216 e. The van der Waals surface area contributed by atoms with Gasteiger partial charge in [0.1, 0.15) is 6.33 Å². The van der Waals surface area contributed by atoms with Crippen LogP contribution in [-0.2, 0) is 0 Å². The number of aromatic amines is 1. The van der Waals surface area contributed by atoms with Crippen molar-refractivity contribution in [1.82, 2.24) is 14.9 Å². The van der Waals surface area contributed by atoms with Gasteiger partial charge in [0, 0.05) is 0 Å². The number of benzene rings is 1. The molecule has 0 radical (unpaired) electrons. The van der Waals surface area contributed by atoms with Gasteiger partial charge < -0.3 is 5.11 Å². The van der Waals surface area contributed by atoms with E-state index in [0.717, 1.165) is 0 Å². The Balaban J connectivity index is 2.34. The Labute approximate surface area is 111 Å². The number of nitrogens with zero attached hydrogens (tertiary/aromatic N) is 3. The van der Waals surface area contributed by atoms with Crippen LogP contribution in [0.5, 0.6) is 5.75 Å². The van der Waals surface area contributed by atoms with Crippen molar-refractivity contribution in [2.75, 3.05) is 0 Å². The lowest BCUT2D eigenvalue weighted by molar-refractivity contribution is 0.476. The summed E-state index contributed by atoms with van der Waals surface area (Å²) >= 11 is 16.5. The summed E-state index contributed by atoms with van der Waals surface area (Å²) in [6.07, 6.45) is 2.94. The van der Waals surface area contributed by atoms with Crippen molar-refractivity contribution >= 4 is 41.6 Å². The largest absolute Gasteiger partial charge is 0.505 e. The minimum atomic E-state index is -0.148. The average Bonchev–Trinajstić information content (AvgIpc) is 2.69. The summed E-state index contributed by atoms with van der Waals surface area (Å²) in [6, 6.07) is 3.08. The van der Waals surface area contributed by atoms with E-state index in [1.165, 1.54) is 29.4 Å². The molecule has 5 nitrogen and oxygen atoms in total. The normalized spacial score (nSPS) is 11.2. The van der Waals surface area contributed by atoms with E-state index in [1.54, 1.807) is 0 Å². The molecular weight excluding hydrogens is 283 g/mol. The SMILES string of the molecule is Oc1c(Cl)cc(/C=N\n2cn[nH]c2=S)cc1Cl. The zero-order chi connectivity index (χ0) is 12.4. The van der Waals surface area contributed by atoms with Gasteiger partial charge in [-0.1, -0.05) is 23.2 Å². The Morgan fingerprint density at radius 2 is 2.06 bits per heavy atom. The summed E-state index contributed by atoms with van der Waals surface area (Å²) in [5, 5.41) is 20.0. The van der Waals surface area contributed by atoms with Crippen LogP contribution in [0.15, 0.2) is 23.6 Å². The van der Waals surface area contributed by atoms with E-state index in [9.17, 15) is 5.11 Å². The zero-order valence-corrected chi connectivity index (χ0v) is 10.6. The number of hydrogen-bond acceptors (Lipinski definition) is 4. The van der Waals surface area contributed by atoms with Gasteiger partial charge in [0.2, 0.25) is 4.77 Å². The molecule has 0 unspecified atom stereocenters. The Kier molecular flexibility index (Phi) is 3.46. The first-order valence-electron chi connectivity index (χ1n) is 4.42. The van der Waals surface area contributed by atoms with Crippen LogP contribution in [0, 0.1) is 4.77 Å². The molecule has 2 N–H and O–H groups in total. The first kappa shape index (κ1) is 12.1. The first-order valence-corrected chi connectivity index (χ1v) is 5.59. The molecule has 1 heterocycles. The highest BCUT2D eigenvalue weighted by atomic mass is 35.5. The number of rotatable bonds is 2. The van der Waals surface area contributed by atoms with Gasteiger partial charge in [-0.25, -0.2) is 0 Å². The molecule has 0 atom stereocenters. The quantitative estimate of drug-likeness (QED) is 0.660. The predicted molar refractivity (Wildman–Crippen MR) is 68.5 cm³/mol. The van der Waals surface area contributed by atoms with Crippen molar-refractivity contribution in [3.05, 3.63) is 38.8 Å². The van der Waals surface area contributed by atoms with Crippen LogP contribution >= 0.6 is 35.4 Å². The third kappa shape index (κ3) is 2.66. The molecule has 0 bridgehead atoms. The Hall–Kier alpha value is -1.37. The van der Waals surface area contributed by atoms with Crippen molar-refractivity contribution in [3.8, 4) is 5.75 Å². The van der Waals surface area contributed by atoms with Gasteiger partial charge in [0.15, 0.2) is 5.75 Å². The monoisotopic (exact) mass is 288 g/mol. The number of H-pyrrole nitrogens is 1. The lowest BCUT2D eigenvalue weighted by Crippen LogP contribution is -1.89. The molecule has 2 rings (SSSR count).